The summed E-state index contributed by atoms with van der Waals surface area (Å²) in [5.41, 5.74) is -7.62. The van der Waals surface area contributed by atoms with Crippen LogP contribution in [0, 0.1) is 0 Å². The fraction of sp³-hybridized carbons (Fsp3) is 0.333. The molecular formula is C9H3F9S. The lowest BCUT2D eigenvalue weighted by molar-refractivity contribution is -0.175. The monoisotopic (exact) mass is 314 g/mol. The number of hydrogen-bond acceptors (Lipinski definition) is 1. The molecule has 0 unspecified atom stereocenters. The second-order valence-corrected chi connectivity index (χ2v) is 3.86. The van der Waals surface area contributed by atoms with Gasteiger partial charge in [0.25, 0.3) is 0 Å². The fourth-order valence-electron chi connectivity index (χ4n) is 1.41. The standard InChI is InChI=1S/C9H3F9S/c10-7(11,12)3-1-2-4(19)6(9(16,17)18)5(3)8(13,14)15/h1-2,19H. The molecule has 19 heavy (non-hydrogen) atoms. The third-order valence-electron chi connectivity index (χ3n) is 2.06. The molecule has 0 atom stereocenters. The zero-order valence-electron chi connectivity index (χ0n) is 8.50. The average molecular weight is 314 g/mol. The van der Waals surface area contributed by atoms with Gasteiger partial charge in [0.15, 0.2) is 0 Å². The first kappa shape index (κ1) is 16.0. The van der Waals surface area contributed by atoms with Crippen molar-refractivity contribution in [3.63, 3.8) is 0 Å². The number of alkyl halides is 9. The maximum Gasteiger partial charge on any atom is 0.418 e. The van der Waals surface area contributed by atoms with Gasteiger partial charge in [-0.3, -0.25) is 0 Å². The molecular weight excluding hydrogens is 311 g/mol. The summed E-state index contributed by atoms with van der Waals surface area (Å²) in [4.78, 5) is -1.23. The Morgan fingerprint density at radius 3 is 1.37 bits per heavy atom. The van der Waals surface area contributed by atoms with Crippen LogP contribution >= 0.6 is 12.6 Å². The molecule has 0 aliphatic carbocycles. The normalized spacial score (nSPS) is 13.8. The highest BCUT2D eigenvalue weighted by atomic mass is 32.1. The molecule has 1 aromatic rings. The molecule has 0 heterocycles. The largest absolute Gasteiger partial charge is 0.418 e. The molecule has 1 rings (SSSR count). The van der Waals surface area contributed by atoms with Crippen LogP contribution in [-0.2, 0) is 18.5 Å². The summed E-state index contributed by atoms with van der Waals surface area (Å²) in [6.07, 6.45) is -17.0. The van der Waals surface area contributed by atoms with Crippen LogP contribution in [0.25, 0.3) is 0 Å². The minimum atomic E-state index is -5.81. The number of rotatable bonds is 0. The minimum absolute atomic E-state index is 0.0829. The van der Waals surface area contributed by atoms with Crippen molar-refractivity contribution in [2.24, 2.45) is 0 Å². The van der Waals surface area contributed by atoms with Crippen molar-refractivity contribution in [3.8, 4) is 0 Å². The van der Waals surface area contributed by atoms with Gasteiger partial charge in [0.1, 0.15) is 0 Å². The van der Waals surface area contributed by atoms with Crippen molar-refractivity contribution < 1.29 is 39.5 Å². The van der Waals surface area contributed by atoms with E-state index in [-0.39, 0.29) is 12.1 Å². The molecule has 0 N–H and O–H groups in total. The maximum atomic E-state index is 12.5. The van der Waals surface area contributed by atoms with E-state index in [2.05, 4.69) is 12.6 Å². The van der Waals surface area contributed by atoms with Gasteiger partial charge in [-0.25, -0.2) is 0 Å². The third kappa shape index (κ3) is 3.28. The lowest BCUT2D eigenvalue weighted by Crippen LogP contribution is -2.23. The van der Waals surface area contributed by atoms with Crippen LogP contribution in [0.5, 0.6) is 0 Å². The van der Waals surface area contributed by atoms with Gasteiger partial charge in [-0.1, -0.05) is 0 Å². The maximum absolute atomic E-state index is 12.5. The Bertz CT molecular complexity index is 480. The summed E-state index contributed by atoms with van der Waals surface area (Å²) < 4.78 is 112. The van der Waals surface area contributed by atoms with Crippen LogP contribution in [0.4, 0.5) is 39.5 Å². The summed E-state index contributed by atoms with van der Waals surface area (Å²) in [5, 5.41) is 0. The van der Waals surface area contributed by atoms with Crippen molar-refractivity contribution in [2.45, 2.75) is 23.4 Å². The van der Waals surface area contributed by atoms with Crippen LogP contribution in [0.3, 0.4) is 0 Å². The van der Waals surface area contributed by atoms with Crippen molar-refractivity contribution in [1.82, 2.24) is 0 Å². The summed E-state index contributed by atoms with van der Waals surface area (Å²) in [5.74, 6) is 0. The topological polar surface area (TPSA) is 0 Å². The molecule has 10 heteroatoms. The van der Waals surface area contributed by atoms with Crippen LogP contribution in [-0.4, -0.2) is 0 Å². The summed E-state index contributed by atoms with van der Waals surface area (Å²) >= 11 is 3.15. The van der Waals surface area contributed by atoms with Gasteiger partial charge in [0.05, 0.1) is 16.7 Å². The Hall–Kier alpha value is -1.06. The van der Waals surface area contributed by atoms with E-state index in [1.54, 1.807) is 0 Å². The van der Waals surface area contributed by atoms with Crippen molar-refractivity contribution in [3.05, 3.63) is 28.8 Å². The summed E-state index contributed by atoms with van der Waals surface area (Å²) in [7, 11) is 0. The van der Waals surface area contributed by atoms with Crippen LogP contribution < -0.4 is 0 Å². The number of hydrogen-bond donors (Lipinski definition) is 1. The third-order valence-corrected chi connectivity index (χ3v) is 2.43. The van der Waals surface area contributed by atoms with Gasteiger partial charge < -0.3 is 0 Å². The molecule has 108 valence electrons. The molecule has 0 radical (unpaired) electrons. The molecule has 0 aromatic heterocycles. The van der Waals surface area contributed by atoms with Crippen molar-refractivity contribution in [1.29, 1.82) is 0 Å². The lowest BCUT2D eigenvalue weighted by Gasteiger charge is -2.21. The molecule has 0 bridgehead atoms. The van der Waals surface area contributed by atoms with Crippen molar-refractivity contribution in [2.75, 3.05) is 0 Å². The number of benzene rings is 1. The van der Waals surface area contributed by atoms with Crippen LogP contribution in [0.1, 0.15) is 16.7 Å². The molecule has 0 saturated heterocycles. The van der Waals surface area contributed by atoms with E-state index in [1.165, 1.54) is 0 Å². The first-order valence-electron chi connectivity index (χ1n) is 4.34. The predicted molar refractivity (Wildman–Crippen MR) is 48.7 cm³/mol. The number of halogens is 9. The van der Waals surface area contributed by atoms with E-state index >= 15 is 0 Å². The highest BCUT2D eigenvalue weighted by molar-refractivity contribution is 7.80. The Labute approximate surface area is 105 Å². The smallest absolute Gasteiger partial charge is 0.166 e. The molecule has 0 fully saturated rings. The van der Waals surface area contributed by atoms with E-state index in [0.29, 0.717) is 0 Å². The predicted octanol–water partition coefficient (Wildman–Crippen LogP) is 5.03. The SMILES string of the molecule is FC(F)(F)c1ccc(S)c(C(F)(F)F)c1C(F)(F)F. The Morgan fingerprint density at radius 1 is 0.632 bits per heavy atom. The van der Waals surface area contributed by atoms with E-state index in [4.69, 9.17) is 0 Å². The molecule has 0 aliphatic heterocycles. The summed E-state index contributed by atoms with van der Waals surface area (Å²) in [6, 6.07) is 0.143. The molecule has 0 spiro atoms. The highest BCUT2D eigenvalue weighted by Gasteiger charge is 2.50. The van der Waals surface area contributed by atoms with E-state index in [1.807, 2.05) is 0 Å². The van der Waals surface area contributed by atoms with Crippen LogP contribution in [0.15, 0.2) is 17.0 Å². The Balaban J connectivity index is 3.82. The van der Waals surface area contributed by atoms with E-state index in [9.17, 15) is 39.5 Å². The Morgan fingerprint density at radius 2 is 1.05 bits per heavy atom. The molecule has 0 aliphatic rings. The van der Waals surface area contributed by atoms with Crippen LogP contribution in [0.2, 0.25) is 0 Å². The van der Waals surface area contributed by atoms with Crippen molar-refractivity contribution >= 4 is 12.6 Å². The molecule has 0 nitrogen and oxygen atoms in total. The molecule has 0 amide bonds. The van der Waals surface area contributed by atoms with Gasteiger partial charge in [0.2, 0.25) is 0 Å². The highest BCUT2D eigenvalue weighted by Crippen LogP contribution is 2.48. The Kier molecular flexibility index (Phi) is 3.79. The van der Waals surface area contributed by atoms with Gasteiger partial charge >= 0.3 is 18.5 Å². The van der Waals surface area contributed by atoms with Gasteiger partial charge in [-0.15, -0.1) is 12.6 Å². The quantitative estimate of drug-likeness (QED) is 0.504. The van der Waals surface area contributed by atoms with Gasteiger partial charge in [-0.2, -0.15) is 39.5 Å². The average Bonchev–Trinajstić information content (AvgIpc) is 2.11. The van der Waals surface area contributed by atoms with E-state index in [0.717, 1.165) is 0 Å². The molecule has 0 saturated carbocycles. The molecule has 1 aromatic carbocycles. The zero-order valence-corrected chi connectivity index (χ0v) is 9.40. The first-order chi connectivity index (χ1) is 8.26. The second kappa shape index (κ2) is 4.50. The first-order valence-corrected chi connectivity index (χ1v) is 4.78. The lowest BCUT2D eigenvalue weighted by atomic mass is 9.99. The fourth-order valence-corrected chi connectivity index (χ4v) is 1.72. The number of thiol groups is 1. The summed E-state index contributed by atoms with van der Waals surface area (Å²) in [6.45, 7) is 0. The van der Waals surface area contributed by atoms with Gasteiger partial charge in [-0.05, 0) is 12.1 Å². The second-order valence-electron chi connectivity index (χ2n) is 3.38. The zero-order chi connectivity index (χ0) is 15.2. The van der Waals surface area contributed by atoms with Gasteiger partial charge in [0, 0.05) is 4.90 Å². The minimum Gasteiger partial charge on any atom is -0.166 e. The van der Waals surface area contributed by atoms with E-state index < -0.39 is 40.1 Å².